The molecule has 27 heavy (non-hydrogen) atoms. The summed E-state index contributed by atoms with van der Waals surface area (Å²) in [5, 5.41) is 4.30. The number of nitrogens with zero attached hydrogens (tertiary/aromatic N) is 1. The summed E-state index contributed by atoms with van der Waals surface area (Å²) in [6.07, 6.45) is 0.619. The van der Waals surface area contributed by atoms with Gasteiger partial charge in [0.2, 0.25) is 0 Å². The number of carbonyl (C=O) groups excluding carboxylic acids is 2. The quantitative estimate of drug-likeness (QED) is 0.645. The lowest BCUT2D eigenvalue weighted by atomic mass is 10.1. The Morgan fingerprint density at radius 1 is 1.07 bits per heavy atom. The summed E-state index contributed by atoms with van der Waals surface area (Å²) in [6, 6.07) is 16.9. The molecule has 0 aliphatic heterocycles. The van der Waals surface area contributed by atoms with Crippen molar-refractivity contribution in [2.75, 3.05) is 11.9 Å². The molecule has 0 saturated carbocycles. The zero-order valence-electron chi connectivity index (χ0n) is 14.9. The largest absolute Gasteiger partial charge is 0.456 e. The molecule has 0 unspecified atom stereocenters. The summed E-state index contributed by atoms with van der Waals surface area (Å²) in [7, 11) is 0. The number of nitrogens with one attached hydrogen (secondary N) is 1. The Kier molecular flexibility index (Phi) is 6.04. The number of carbonyl (C=O) groups is 2. The molecule has 0 bridgehead atoms. The van der Waals surface area contributed by atoms with E-state index in [0.717, 1.165) is 22.2 Å². The van der Waals surface area contributed by atoms with E-state index < -0.39 is 11.9 Å². The monoisotopic (exact) mass is 382 g/mol. The normalized spacial score (nSPS) is 10.6. The highest BCUT2D eigenvalue weighted by molar-refractivity contribution is 6.31. The summed E-state index contributed by atoms with van der Waals surface area (Å²) < 4.78 is 5.04. The zero-order valence-corrected chi connectivity index (χ0v) is 15.6. The van der Waals surface area contributed by atoms with Crippen molar-refractivity contribution in [3.8, 4) is 0 Å². The van der Waals surface area contributed by atoms with Crippen molar-refractivity contribution < 1.29 is 14.3 Å². The van der Waals surface area contributed by atoms with Crippen LogP contribution in [0.5, 0.6) is 0 Å². The van der Waals surface area contributed by atoms with Gasteiger partial charge in [0.15, 0.2) is 6.61 Å². The number of rotatable bonds is 6. The Hall–Kier alpha value is -2.92. The number of amides is 1. The maximum atomic E-state index is 12.0. The fraction of sp³-hybridized carbons (Fsp3) is 0.190. The van der Waals surface area contributed by atoms with Crippen molar-refractivity contribution >= 4 is 40.1 Å². The van der Waals surface area contributed by atoms with Gasteiger partial charge in [0.25, 0.3) is 5.91 Å². The van der Waals surface area contributed by atoms with Crippen molar-refractivity contribution in [2.45, 2.75) is 19.8 Å². The number of halogens is 1. The molecular formula is C21H19ClN2O3. The molecule has 0 saturated heterocycles. The van der Waals surface area contributed by atoms with Crippen LogP contribution in [0.4, 0.5) is 5.69 Å². The van der Waals surface area contributed by atoms with E-state index in [9.17, 15) is 9.59 Å². The highest BCUT2D eigenvalue weighted by atomic mass is 35.5. The Balaban J connectivity index is 1.47. The molecule has 0 radical (unpaired) electrons. The van der Waals surface area contributed by atoms with Crippen molar-refractivity contribution in [1.82, 2.24) is 4.98 Å². The van der Waals surface area contributed by atoms with Gasteiger partial charge in [-0.2, -0.15) is 0 Å². The number of fused-ring (bicyclic) bond motifs is 1. The fourth-order valence-corrected chi connectivity index (χ4v) is 2.80. The Morgan fingerprint density at radius 2 is 1.89 bits per heavy atom. The van der Waals surface area contributed by atoms with E-state index in [1.165, 1.54) is 0 Å². The third-order valence-electron chi connectivity index (χ3n) is 4.15. The lowest BCUT2D eigenvalue weighted by molar-refractivity contribution is -0.147. The number of esters is 1. The predicted octanol–water partition coefficient (Wildman–Crippen LogP) is 4.31. The number of para-hydroxylation sites is 1. The van der Waals surface area contributed by atoms with E-state index in [2.05, 4.69) is 10.3 Å². The van der Waals surface area contributed by atoms with Gasteiger partial charge in [-0.15, -0.1) is 0 Å². The topological polar surface area (TPSA) is 68.3 Å². The average molecular weight is 383 g/mol. The number of aryl methyl sites for hydroxylation is 1. The number of ether oxygens (including phenoxy) is 1. The second kappa shape index (κ2) is 8.64. The fourth-order valence-electron chi connectivity index (χ4n) is 2.62. The van der Waals surface area contributed by atoms with Crippen LogP contribution >= 0.6 is 11.6 Å². The van der Waals surface area contributed by atoms with Gasteiger partial charge in [-0.3, -0.25) is 14.6 Å². The van der Waals surface area contributed by atoms with Crippen LogP contribution in [0.25, 0.3) is 10.9 Å². The number of hydrogen-bond donors (Lipinski definition) is 1. The molecule has 0 spiro atoms. The van der Waals surface area contributed by atoms with Crippen LogP contribution in [-0.4, -0.2) is 23.5 Å². The molecule has 1 N–H and O–H groups in total. The number of aromatic nitrogens is 1. The third-order valence-corrected chi connectivity index (χ3v) is 4.56. The first-order chi connectivity index (χ1) is 13.0. The lowest BCUT2D eigenvalue weighted by Crippen LogP contribution is -2.21. The highest BCUT2D eigenvalue weighted by Gasteiger charge is 2.11. The first-order valence-corrected chi connectivity index (χ1v) is 8.96. The van der Waals surface area contributed by atoms with Crippen LogP contribution in [0.3, 0.4) is 0 Å². The third kappa shape index (κ3) is 5.05. The van der Waals surface area contributed by atoms with Gasteiger partial charge in [0, 0.05) is 28.2 Å². The molecule has 3 rings (SSSR count). The highest BCUT2D eigenvalue weighted by Crippen LogP contribution is 2.22. The Morgan fingerprint density at radius 3 is 2.74 bits per heavy atom. The van der Waals surface area contributed by atoms with Gasteiger partial charge in [-0.1, -0.05) is 41.9 Å². The van der Waals surface area contributed by atoms with Gasteiger partial charge in [-0.05, 0) is 36.8 Å². The van der Waals surface area contributed by atoms with Gasteiger partial charge in [0.05, 0.1) is 11.9 Å². The molecular weight excluding hydrogens is 364 g/mol. The first kappa shape index (κ1) is 18.9. The SMILES string of the molecule is Cc1c(Cl)cccc1NC(=O)COC(=O)CCc1ccc2ccccc2n1. The molecule has 138 valence electrons. The lowest BCUT2D eigenvalue weighted by Gasteiger charge is -2.10. The van der Waals surface area contributed by atoms with E-state index >= 15 is 0 Å². The molecule has 0 aliphatic carbocycles. The number of benzene rings is 2. The second-order valence-corrected chi connectivity index (χ2v) is 6.52. The maximum Gasteiger partial charge on any atom is 0.306 e. The van der Waals surface area contributed by atoms with Crippen molar-refractivity contribution in [2.24, 2.45) is 0 Å². The van der Waals surface area contributed by atoms with Gasteiger partial charge in [0.1, 0.15) is 0 Å². The molecule has 1 aromatic heterocycles. The van der Waals surface area contributed by atoms with E-state index in [1.54, 1.807) is 25.1 Å². The maximum absolute atomic E-state index is 12.0. The Labute approximate surface area is 162 Å². The minimum atomic E-state index is -0.442. The molecule has 3 aromatic rings. The zero-order chi connectivity index (χ0) is 19.2. The second-order valence-electron chi connectivity index (χ2n) is 6.12. The van der Waals surface area contributed by atoms with Gasteiger partial charge >= 0.3 is 5.97 Å². The summed E-state index contributed by atoms with van der Waals surface area (Å²) in [4.78, 5) is 28.4. The van der Waals surface area contributed by atoms with Crippen LogP contribution in [-0.2, 0) is 20.7 Å². The van der Waals surface area contributed by atoms with Gasteiger partial charge < -0.3 is 10.1 Å². The van der Waals surface area contributed by atoms with Crippen LogP contribution < -0.4 is 5.32 Å². The molecule has 1 heterocycles. The van der Waals surface area contributed by atoms with Crippen molar-refractivity contribution in [3.05, 3.63) is 70.9 Å². The minimum Gasteiger partial charge on any atom is -0.456 e. The average Bonchev–Trinajstić information content (AvgIpc) is 2.68. The van der Waals surface area contributed by atoms with Crippen LogP contribution in [0.2, 0.25) is 5.02 Å². The number of anilines is 1. The Bertz CT molecular complexity index is 988. The van der Waals surface area contributed by atoms with E-state index in [0.29, 0.717) is 17.1 Å². The van der Waals surface area contributed by atoms with E-state index in [-0.39, 0.29) is 13.0 Å². The molecule has 0 aliphatic rings. The molecule has 5 nitrogen and oxygen atoms in total. The summed E-state index contributed by atoms with van der Waals surface area (Å²) in [6.45, 7) is 1.47. The number of hydrogen-bond acceptors (Lipinski definition) is 4. The smallest absolute Gasteiger partial charge is 0.306 e. The van der Waals surface area contributed by atoms with E-state index in [4.69, 9.17) is 16.3 Å². The van der Waals surface area contributed by atoms with Crippen LogP contribution in [0.15, 0.2) is 54.6 Å². The predicted molar refractivity (Wildman–Crippen MR) is 106 cm³/mol. The van der Waals surface area contributed by atoms with Crippen LogP contribution in [0.1, 0.15) is 17.7 Å². The molecule has 1 amide bonds. The number of pyridine rings is 1. The minimum absolute atomic E-state index is 0.162. The summed E-state index contributed by atoms with van der Waals surface area (Å²) in [5.41, 5.74) is 3.06. The summed E-state index contributed by atoms with van der Waals surface area (Å²) in [5.74, 6) is -0.847. The van der Waals surface area contributed by atoms with Crippen molar-refractivity contribution in [1.29, 1.82) is 0 Å². The first-order valence-electron chi connectivity index (χ1n) is 8.58. The van der Waals surface area contributed by atoms with Gasteiger partial charge in [-0.25, -0.2) is 0 Å². The molecule has 6 heteroatoms. The molecule has 2 aromatic carbocycles. The van der Waals surface area contributed by atoms with E-state index in [1.807, 2.05) is 36.4 Å². The van der Waals surface area contributed by atoms with Crippen LogP contribution in [0, 0.1) is 6.92 Å². The standard InChI is InChI=1S/C21H19ClN2O3/c1-14-17(22)6-4-8-18(14)24-20(25)13-27-21(26)12-11-16-10-9-15-5-2-3-7-19(15)23-16/h2-10H,11-13H2,1H3,(H,24,25). The summed E-state index contributed by atoms with van der Waals surface area (Å²) >= 11 is 6.02. The molecule has 0 fully saturated rings. The molecule has 0 atom stereocenters. The van der Waals surface area contributed by atoms with Crippen molar-refractivity contribution in [3.63, 3.8) is 0 Å².